The van der Waals surface area contributed by atoms with Crippen LogP contribution in [0.25, 0.3) is 0 Å². The number of hydrogen-bond acceptors (Lipinski definition) is 0. The van der Waals surface area contributed by atoms with E-state index in [2.05, 4.69) is 6.92 Å². The molecule has 1 radical (unpaired) electrons. The summed E-state index contributed by atoms with van der Waals surface area (Å²) in [6, 6.07) is 7.64. The van der Waals surface area contributed by atoms with Crippen LogP contribution in [0.1, 0.15) is 12.5 Å². The van der Waals surface area contributed by atoms with Crippen LogP contribution in [0.5, 0.6) is 0 Å². The molecule has 0 amide bonds. The summed E-state index contributed by atoms with van der Waals surface area (Å²) in [6.45, 7) is 2.09. The van der Waals surface area contributed by atoms with Gasteiger partial charge in [-0.1, -0.05) is 19.1 Å². The van der Waals surface area contributed by atoms with E-state index < -0.39 is 0 Å². The Morgan fingerprint density at radius 3 is 2.67 bits per heavy atom. The van der Waals surface area contributed by atoms with Crippen LogP contribution in [-0.2, 0) is 6.42 Å². The molecule has 9 heavy (non-hydrogen) atoms. The van der Waals surface area contributed by atoms with Crippen LogP contribution in [0.15, 0.2) is 24.3 Å². The molecule has 0 bridgehead atoms. The average molecular weight is 120 g/mol. The molecule has 0 unspecified atom stereocenters. The second kappa shape index (κ2) is 2.53. The second-order valence-corrected chi connectivity index (χ2v) is 2.05. The molecule has 0 saturated carbocycles. The number of nitrogens with one attached hydrogen (secondary N) is 1. The van der Waals surface area contributed by atoms with E-state index in [1.54, 1.807) is 6.07 Å². The zero-order valence-corrected chi connectivity index (χ0v) is 5.52. The van der Waals surface area contributed by atoms with Crippen molar-refractivity contribution in [3.63, 3.8) is 0 Å². The van der Waals surface area contributed by atoms with Crippen molar-refractivity contribution in [2.24, 2.45) is 0 Å². The van der Waals surface area contributed by atoms with E-state index in [-0.39, 0.29) is 0 Å². The fraction of sp³-hybridized carbons (Fsp3) is 0.250. The first-order chi connectivity index (χ1) is 4.33. The average Bonchev–Trinajstić information content (AvgIpc) is 1.88. The van der Waals surface area contributed by atoms with E-state index >= 15 is 0 Å². The van der Waals surface area contributed by atoms with Crippen LogP contribution in [0, 0.1) is 0 Å². The third-order valence-electron chi connectivity index (χ3n) is 1.34. The lowest BCUT2D eigenvalue weighted by atomic mass is 10.1. The third kappa shape index (κ3) is 1.46. The highest BCUT2D eigenvalue weighted by Gasteiger charge is 1.87. The number of benzene rings is 1. The third-order valence-corrected chi connectivity index (χ3v) is 1.34. The lowest BCUT2D eigenvalue weighted by molar-refractivity contribution is 1.14. The Kier molecular flexibility index (Phi) is 1.73. The molecule has 1 aromatic carbocycles. The molecular weight excluding hydrogens is 110 g/mol. The first-order valence-electron chi connectivity index (χ1n) is 3.13. The molecule has 1 nitrogen and oxygen atoms in total. The molecule has 0 aromatic heterocycles. The van der Waals surface area contributed by atoms with E-state index in [1.165, 1.54) is 5.56 Å². The van der Waals surface area contributed by atoms with Gasteiger partial charge in [-0.15, -0.1) is 0 Å². The summed E-state index contributed by atoms with van der Waals surface area (Å²) in [4.78, 5) is 0. The Bertz CT molecular complexity index is 194. The minimum absolute atomic E-state index is 0.606. The molecule has 0 aliphatic rings. The van der Waals surface area contributed by atoms with Crippen molar-refractivity contribution in [3.05, 3.63) is 29.8 Å². The van der Waals surface area contributed by atoms with Crippen LogP contribution >= 0.6 is 0 Å². The monoisotopic (exact) mass is 120 g/mol. The fourth-order valence-electron chi connectivity index (χ4n) is 0.791. The van der Waals surface area contributed by atoms with Crippen molar-refractivity contribution in [3.8, 4) is 0 Å². The first kappa shape index (κ1) is 6.14. The molecule has 0 aliphatic carbocycles. The zero-order valence-electron chi connectivity index (χ0n) is 5.52. The largest absolute Gasteiger partial charge is 0.301 e. The van der Waals surface area contributed by atoms with Gasteiger partial charge in [-0.3, -0.25) is 0 Å². The summed E-state index contributed by atoms with van der Waals surface area (Å²) >= 11 is 0. The van der Waals surface area contributed by atoms with Crippen molar-refractivity contribution < 1.29 is 0 Å². The van der Waals surface area contributed by atoms with Crippen molar-refractivity contribution in [1.29, 1.82) is 0 Å². The Balaban J connectivity index is 2.94. The van der Waals surface area contributed by atoms with Crippen LogP contribution in [0.4, 0.5) is 5.69 Å². The number of hydrogen-bond donors (Lipinski definition) is 0. The highest BCUT2D eigenvalue weighted by atomic mass is 14.5. The van der Waals surface area contributed by atoms with Crippen LogP contribution < -0.4 is 5.73 Å². The smallest absolute Gasteiger partial charge is 0.0542 e. The molecule has 1 N–H and O–H groups in total. The molecular formula is C8H10N. The summed E-state index contributed by atoms with van der Waals surface area (Å²) in [5.41, 5.74) is 9.08. The van der Waals surface area contributed by atoms with E-state index in [0.29, 0.717) is 5.69 Å². The van der Waals surface area contributed by atoms with E-state index in [4.69, 9.17) is 5.73 Å². The van der Waals surface area contributed by atoms with Gasteiger partial charge >= 0.3 is 0 Å². The van der Waals surface area contributed by atoms with Crippen molar-refractivity contribution in [2.75, 3.05) is 0 Å². The van der Waals surface area contributed by atoms with Gasteiger partial charge in [-0.05, 0) is 24.1 Å². The van der Waals surface area contributed by atoms with E-state index in [0.717, 1.165) is 6.42 Å². The first-order valence-corrected chi connectivity index (χ1v) is 3.13. The van der Waals surface area contributed by atoms with Crippen LogP contribution in [-0.4, -0.2) is 0 Å². The lowest BCUT2D eigenvalue weighted by Crippen LogP contribution is -1.77. The zero-order chi connectivity index (χ0) is 6.69. The standard InChI is InChI=1S/C8H10N/c1-2-7-4-3-5-8(9)6-7/h3-6,9H,2H2,1H3. The normalized spacial score (nSPS) is 9.44. The summed E-state index contributed by atoms with van der Waals surface area (Å²) in [6.07, 6.45) is 1.02. The van der Waals surface area contributed by atoms with Crippen molar-refractivity contribution in [1.82, 2.24) is 5.73 Å². The summed E-state index contributed by atoms with van der Waals surface area (Å²) in [5, 5.41) is 0. The van der Waals surface area contributed by atoms with Gasteiger partial charge < -0.3 is 5.73 Å². The second-order valence-electron chi connectivity index (χ2n) is 2.05. The quantitative estimate of drug-likeness (QED) is 0.542. The van der Waals surface area contributed by atoms with Gasteiger partial charge in [0.05, 0.1) is 5.69 Å². The summed E-state index contributed by atoms with van der Waals surface area (Å²) in [5.74, 6) is 0. The minimum Gasteiger partial charge on any atom is -0.301 e. The van der Waals surface area contributed by atoms with Gasteiger partial charge in [-0.25, -0.2) is 0 Å². The molecule has 0 atom stereocenters. The minimum atomic E-state index is 0.606. The maximum atomic E-state index is 7.24. The van der Waals surface area contributed by atoms with Gasteiger partial charge in [-0.2, -0.15) is 0 Å². The maximum Gasteiger partial charge on any atom is 0.0542 e. The van der Waals surface area contributed by atoms with Crippen molar-refractivity contribution >= 4 is 5.69 Å². The summed E-state index contributed by atoms with van der Waals surface area (Å²) in [7, 11) is 0. The van der Waals surface area contributed by atoms with Gasteiger partial charge in [0, 0.05) is 0 Å². The Labute approximate surface area is 55.5 Å². The van der Waals surface area contributed by atoms with Gasteiger partial charge in [0.25, 0.3) is 0 Å². The molecule has 0 heterocycles. The predicted molar refractivity (Wildman–Crippen MR) is 38.6 cm³/mol. The Morgan fingerprint density at radius 1 is 1.44 bits per heavy atom. The van der Waals surface area contributed by atoms with Crippen LogP contribution in [0.3, 0.4) is 0 Å². The highest BCUT2D eigenvalue weighted by molar-refractivity contribution is 5.36. The number of aryl methyl sites for hydroxylation is 1. The van der Waals surface area contributed by atoms with E-state index in [1.807, 2.05) is 18.2 Å². The fourth-order valence-corrected chi connectivity index (χ4v) is 0.791. The van der Waals surface area contributed by atoms with Gasteiger partial charge in [0.1, 0.15) is 0 Å². The van der Waals surface area contributed by atoms with Crippen molar-refractivity contribution in [2.45, 2.75) is 13.3 Å². The van der Waals surface area contributed by atoms with Crippen LogP contribution in [0.2, 0.25) is 0 Å². The number of rotatable bonds is 1. The predicted octanol–water partition coefficient (Wildman–Crippen LogP) is 2.16. The van der Waals surface area contributed by atoms with E-state index in [9.17, 15) is 0 Å². The molecule has 0 aliphatic heterocycles. The summed E-state index contributed by atoms with van der Waals surface area (Å²) < 4.78 is 0. The molecule has 1 heteroatoms. The topological polar surface area (TPSA) is 23.8 Å². The molecule has 1 aromatic rings. The lowest BCUT2D eigenvalue weighted by Gasteiger charge is -1.94. The molecule has 0 saturated heterocycles. The van der Waals surface area contributed by atoms with Gasteiger partial charge in [0.2, 0.25) is 0 Å². The molecule has 0 spiro atoms. The Morgan fingerprint density at radius 2 is 2.22 bits per heavy atom. The highest BCUT2D eigenvalue weighted by Crippen LogP contribution is 2.07. The molecule has 1 rings (SSSR count). The SMILES string of the molecule is CCc1cccc([NH])c1. The molecule has 47 valence electrons. The molecule has 0 fully saturated rings. The maximum absolute atomic E-state index is 7.24. The Hall–Kier alpha value is -0.980. The van der Waals surface area contributed by atoms with Gasteiger partial charge in [0.15, 0.2) is 0 Å².